The Labute approximate surface area is 170 Å². The standard InChI is InChI=1S/C24H22NO3P/c1-24(2,22-16-26-23(25-22)17-10-4-3-5-11-17)29-27-20-14-8-6-12-18(20)19-13-7-9-15-21(19)28-29/h3-15,22H,16H2,1-2H3/t22-/m1/s1. The van der Waals surface area contributed by atoms with Crippen LogP contribution in [0.5, 0.6) is 0 Å². The van der Waals surface area contributed by atoms with Crippen LogP contribution >= 0.6 is 8.01 Å². The van der Waals surface area contributed by atoms with Crippen molar-refractivity contribution in [3.8, 4) is 0 Å². The van der Waals surface area contributed by atoms with Gasteiger partial charge in [-0.05, 0) is 38.1 Å². The van der Waals surface area contributed by atoms with Crippen LogP contribution in [0.4, 0.5) is 0 Å². The van der Waals surface area contributed by atoms with Crippen LogP contribution in [-0.4, -0.2) is 18.5 Å². The number of ether oxygens (including phenoxy) is 1. The van der Waals surface area contributed by atoms with Crippen molar-refractivity contribution in [3.05, 3.63) is 84.4 Å². The number of hydrogen-bond donors (Lipinski definition) is 0. The van der Waals surface area contributed by atoms with Crippen molar-refractivity contribution in [1.29, 1.82) is 0 Å². The Morgan fingerprint density at radius 2 is 1.34 bits per heavy atom. The van der Waals surface area contributed by atoms with Gasteiger partial charge in [0.1, 0.15) is 23.8 Å². The van der Waals surface area contributed by atoms with Crippen molar-refractivity contribution in [2.24, 2.45) is 4.99 Å². The molecule has 29 heavy (non-hydrogen) atoms. The van der Waals surface area contributed by atoms with Crippen molar-refractivity contribution in [3.63, 3.8) is 0 Å². The number of nitrogens with zero attached hydrogens (tertiary/aromatic N) is 1. The second kappa shape index (κ2) is 7.13. The van der Waals surface area contributed by atoms with Gasteiger partial charge >= 0.3 is 0 Å². The maximum Gasteiger partial charge on any atom is 0.225 e. The number of para-hydroxylation sites is 2. The van der Waals surface area contributed by atoms with Crippen molar-refractivity contribution in [2.75, 3.05) is 6.61 Å². The summed E-state index contributed by atoms with van der Waals surface area (Å²) in [5.41, 5.74) is 2.70. The summed E-state index contributed by atoms with van der Waals surface area (Å²) >= 11 is 0. The predicted molar refractivity (Wildman–Crippen MR) is 118 cm³/mol. The van der Waals surface area contributed by atoms with Gasteiger partial charge in [-0.15, -0.1) is 0 Å². The van der Waals surface area contributed by atoms with Crippen LogP contribution in [0.1, 0.15) is 19.4 Å². The van der Waals surface area contributed by atoms with Gasteiger partial charge in [0.15, 0.2) is 0 Å². The first-order chi connectivity index (χ1) is 14.1. The Hall–Kier alpha value is -2.97. The van der Waals surface area contributed by atoms with Crippen molar-refractivity contribution < 1.29 is 13.1 Å². The summed E-state index contributed by atoms with van der Waals surface area (Å²) < 4.78 is 18.9. The highest BCUT2D eigenvalue weighted by atomic mass is 31.1. The molecular weight excluding hydrogens is 381 g/mol. The molecule has 1 aromatic heterocycles. The van der Waals surface area contributed by atoms with Gasteiger partial charge in [-0.3, -0.25) is 0 Å². The molecule has 1 aliphatic heterocycles. The molecule has 3 aromatic carbocycles. The van der Waals surface area contributed by atoms with Crippen LogP contribution in [0.15, 0.2) is 92.2 Å². The first kappa shape index (κ1) is 18.1. The van der Waals surface area contributed by atoms with E-state index in [-0.39, 0.29) is 11.2 Å². The third-order valence-electron chi connectivity index (χ3n) is 5.38. The molecule has 4 aromatic rings. The lowest BCUT2D eigenvalue weighted by molar-refractivity contribution is 0.285. The van der Waals surface area contributed by atoms with Gasteiger partial charge in [-0.1, -0.05) is 54.6 Å². The van der Waals surface area contributed by atoms with E-state index in [1.165, 1.54) is 0 Å². The number of hydrogen-bond acceptors (Lipinski definition) is 4. The van der Waals surface area contributed by atoms with Crippen LogP contribution in [0.25, 0.3) is 21.9 Å². The fourth-order valence-corrected chi connectivity index (χ4v) is 5.13. The Bertz CT molecular complexity index is 1190. The Kier molecular flexibility index (Phi) is 4.44. The SMILES string of the molecule is CC(C)([C@H]1COC(c2ccccc2)=N1)p1oc2ccccc2c2ccccc2o1. The molecule has 0 saturated heterocycles. The van der Waals surface area contributed by atoms with Crippen LogP contribution in [0.3, 0.4) is 0 Å². The molecule has 0 N–H and O–H groups in total. The van der Waals surface area contributed by atoms with E-state index in [1.807, 2.05) is 66.7 Å². The van der Waals surface area contributed by atoms with Crippen LogP contribution in [-0.2, 0) is 9.89 Å². The van der Waals surface area contributed by atoms with Crippen molar-refractivity contribution >= 4 is 35.8 Å². The maximum absolute atomic E-state index is 6.48. The Balaban J connectivity index is 1.65. The minimum atomic E-state index is -1.30. The van der Waals surface area contributed by atoms with Crippen molar-refractivity contribution in [2.45, 2.75) is 25.0 Å². The lowest BCUT2D eigenvalue weighted by atomic mass is 10.1. The molecule has 1 aliphatic rings. The van der Waals surface area contributed by atoms with Gasteiger partial charge in [-0.25, -0.2) is 4.99 Å². The predicted octanol–water partition coefficient (Wildman–Crippen LogP) is 6.87. The third-order valence-corrected chi connectivity index (χ3v) is 7.35. The molecule has 146 valence electrons. The van der Waals surface area contributed by atoms with E-state index in [1.54, 1.807) is 0 Å². The summed E-state index contributed by atoms with van der Waals surface area (Å²) in [5.74, 6) is 0.689. The minimum absolute atomic E-state index is 0.0544. The maximum atomic E-state index is 6.48. The fourth-order valence-electron chi connectivity index (χ4n) is 3.57. The van der Waals surface area contributed by atoms with E-state index in [2.05, 4.69) is 26.0 Å². The van der Waals surface area contributed by atoms with Gasteiger partial charge in [-0.2, -0.15) is 0 Å². The first-order valence-corrected chi connectivity index (χ1v) is 10.9. The summed E-state index contributed by atoms with van der Waals surface area (Å²) in [6.07, 6.45) is 0. The highest BCUT2D eigenvalue weighted by Gasteiger charge is 2.40. The molecule has 0 fully saturated rings. The lowest BCUT2D eigenvalue weighted by Gasteiger charge is -2.24. The molecule has 0 aliphatic carbocycles. The zero-order chi connectivity index (χ0) is 19.8. The largest absolute Gasteiger partial charge is 0.475 e. The molecule has 0 radical (unpaired) electrons. The van der Waals surface area contributed by atoms with Gasteiger partial charge < -0.3 is 13.1 Å². The van der Waals surface area contributed by atoms with E-state index >= 15 is 0 Å². The summed E-state index contributed by atoms with van der Waals surface area (Å²) in [6.45, 7) is 4.83. The van der Waals surface area contributed by atoms with Gasteiger partial charge in [0, 0.05) is 16.3 Å². The molecule has 0 amide bonds. The summed E-state index contributed by atoms with van der Waals surface area (Å²) in [4.78, 5) is 4.90. The molecule has 0 saturated carbocycles. The van der Waals surface area contributed by atoms with Gasteiger partial charge in [0.2, 0.25) is 13.9 Å². The molecule has 0 bridgehead atoms. The second-order valence-electron chi connectivity index (χ2n) is 7.71. The van der Waals surface area contributed by atoms with E-state index in [0.717, 1.165) is 27.5 Å². The Morgan fingerprint density at radius 1 is 0.793 bits per heavy atom. The average molecular weight is 403 g/mol. The minimum Gasteiger partial charge on any atom is -0.475 e. The number of fused-ring (bicyclic) bond motifs is 3. The first-order valence-electron chi connectivity index (χ1n) is 9.73. The highest BCUT2D eigenvalue weighted by Crippen LogP contribution is 2.50. The normalized spacial score (nSPS) is 16.6. The molecule has 5 heteroatoms. The van der Waals surface area contributed by atoms with Crippen LogP contribution in [0, 0.1) is 0 Å². The summed E-state index contributed by atoms with van der Waals surface area (Å²) in [5, 5.41) is 1.76. The molecule has 0 spiro atoms. The second-order valence-corrected chi connectivity index (χ2v) is 9.74. The van der Waals surface area contributed by atoms with Crippen LogP contribution < -0.4 is 0 Å². The molecule has 4 nitrogen and oxygen atoms in total. The molecule has 0 unspecified atom stereocenters. The smallest absolute Gasteiger partial charge is 0.225 e. The quantitative estimate of drug-likeness (QED) is 0.375. The third kappa shape index (κ3) is 3.24. The van der Waals surface area contributed by atoms with E-state index < -0.39 is 8.01 Å². The summed E-state index contributed by atoms with van der Waals surface area (Å²) in [7, 11) is -1.30. The Morgan fingerprint density at radius 3 is 1.97 bits per heavy atom. The van der Waals surface area contributed by atoms with Gasteiger partial charge in [0.25, 0.3) is 0 Å². The monoisotopic (exact) mass is 403 g/mol. The zero-order valence-corrected chi connectivity index (χ0v) is 17.3. The van der Waals surface area contributed by atoms with Gasteiger partial charge in [0.05, 0.1) is 5.16 Å². The fraction of sp³-hybridized carbons (Fsp3) is 0.208. The number of rotatable bonds is 3. The van der Waals surface area contributed by atoms with E-state index in [9.17, 15) is 0 Å². The lowest BCUT2D eigenvalue weighted by Crippen LogP contribution is -2.28. The number of benzene rings is 3. The van der Waals surface area contributed by atoms with E-state index in [0.29, 0.717) is 12.5 Å². The summed E-state index contributed by atoms with van der Waals surface area (Å²) in [6, 6.07) is 26.2. The highest BCUT2D eigenvalue weighted by molar-refractivity contribution is 7.38. The zero-order valence-electron chi connectivity index (χ0n) is 16.4. The molecule has 1 atom stereocenters. The molecule has 2 heterocycles. The molecular formula is C24H22NO3P. The van der Waals surface area contributed by atoms with E-state index in [4.69, 9.17) is 18.1 Å². The number of aliphatic imine (C=N–C) groups is 1. The molecule has 5 rings (SSSR count). The average Bonchev–Trinajstić information content (AvgIpc) is 3.19. The van der Waals surface area contributed by atoms with Crippen LogP contribution in [0.2, 0.25) is 0 Å². The van der Waals surface area contributed by atoms with Crippen molar-refractivity contribution in [1.82, 2.24) is 0 Å². The topological polar surface area (TPSA) is 47.9 Å².